The third-order valence-corrected chi connectivity index (χ3v) is 2.92. The molecule has 1 saturated heterocycles. The van der Waals surface area contributed by atoms with Crippen LogP contribution in [0.5, 0.6) is 0 Å². The van der Waals surface area contributed by atoms with Gasteiger partial charge >= 0.3 is 0 Å². The van der Waals surface area contributed by atoms with Gasteiger partial charge in [-0.2, -0.15) is 5.10 Å². The highest BCUT2D eigenvalue weighted by atomic mass is 16.5. The van der Waals surface area contributed by atoms with Crippen LogP contribution in [0.25, 0.3) is 0 Å². The van der Waals surface area contributed by atoms with E-state index in [-0.39, 0.29) is 11.8 Å². The quantitative estimate of drug-likeness (QED) is 0.800. The van der Waals surface area contributed by atoms with Gasteiger partial charge in [-0.05, 0) is 12.0 Å². The van der Waals surface area contributed by atoms with E-state index in [9.17, 15) is 4.79 Å². The molecule has 0 aromatic carbocycles. The highest BCUT2D eigenvalue weighted by Gasteiger charge is 2.16. The second kappa shape index (κ2) is 5.93. The summed E-state index contributed by atoms with van der Waals surface area (Å²) in [6, 6.07) is 0.199. The van der Waals surface area contributed by atoms with Gasteiger partial charge in [0.2, 0.25) is 0 Å². The van der Waals surface area contributed by atoms with Crippen LogP contribution in [0.1, 0.15) is 18.4 Å². The lowest BCUT2D eigenvalue weighted by atomic mass is 10.0. The van der Waals surface area contributed by atoms with Crippen molar-refractivity contribution in [3.05, 3.63) is 18.0 Å². The van der Waals surface area contributed by atoms with E-state index < -0.39 is 0 Å². The molecule has 0 saturated carbocycles. The van der Waals surface area contributed by atoms with Crippen molar-refractivity contribution < 1.29 is 9.53 Å². The molecular formula is C12H19N3O2. The molecule has 17 heavy (non-hydrogen) atoms. The molecule has 94 valence electrons. The molecule has 1 aliphatic rings. The van der Waals surface area contributed by atoms with E-state index in [1.807, 2.05) is 19.4 Å². The third-order valence-electron chi connectivity index (χ3n) is 2.92. The molecule has 0 radical (unpaired) electrons. The van der Waals surface area contributed by atoms with Gasteiger partial charge in [0.25, 0.3) is 0 Å². The number of aromatic nitrogens is 2. The summed E-state index contributed by atoms with van der Waals surface area (Å²) >= 11 is 0. The van der Waals surface area contributed by atoms with Crippen molar-refractivity contribution >= 4 is 5.78 Å². The van der Waals surface area contributed by atoms with Gasteiger partial charge in [-0.15, -0.1) is 0 Å². The Labute approximate surface area is 101 Å². The maximum absolute atomic E-state index is 11.8. The molecule has 1 aliphatic heterocycles. The molecule has 0 amide bonds. The Bertz CT molecular complexity index is 370. The lowest BCUT2D eigenvalue weighted by molar-refractivity contribution is -0.120. The Morgan fingerprint density at radius 3 is 3.24 bits per heavy atom. The van der Waals surface area contributed by atoms with Crippen molar-refractivity contribution in [1.82, 2.24) is 15.1 Å². The van der Waals surface area contributed by atoms with Crippen LogP contribution >= 0.6 is 0 Å². The minimum absolute atomic E-state index is 0.199. The van der Waals surface area contributed by atoms with Crippen molar-refractivity contribution in [2.45, 2.75) is 25.3 Å². The topological polar surface area (TPSA) is 56.1 Å². The lowest BCUT2D eigenvalue weighted by Crippen LogP contribution is -2.42. The fourth-order valence-corrected chi connectivity index (χ4v) is 2.01. The highest BCUT2D eigenvalue weighted by Crippen LogP contribution is 2.06. The number of aryl methyl sites for hydroxylation is 2. The Balaban J connectivity index is 1.70. The molecule has 0 spiro atoms. The number of hydrogen-bond donors (Lipinski definition) is 1. The first kappa shape index (κ1) is 12.3. The molecule has 5 heteroatoms. The summed E-state index contributed by atoms with van der Waals surface area (Å²) in [6.45, 7) is 2.25. The first-order valence-electron chi connectivity index (χ1n) is 6.04. The number of ether oxygens (including phenoxy) is 1. The van der Waals surface area contributed by atoms with Crippen LogP contribution in [0.15, 0.2) is 12.4 Å². The van der Waals surface area contributed by atoms with E-state index in [0.717, 1.165) is 25.1 Å². The van der Waals surface area contributed by atoms with Gasteiger partial charge in [-0.1, -0.05) is 0 Å². The van der Waals surface area contributed by atoms with Crippen LogP contribution < -0.4 is 5.32 Å². The minimum Gasteiger partial charge on any atom is -0.379 e. The predicted molar refractivity (Wildman–Crippen MR) is 63.8 cm³/mol. The first-order valence-corrected chi connectivity index (χ1v) is 6.04. The second-order valence-electron chi connectivity index (χ2n) is 4.49. The Kier molecular flexibility index (Phi) is 4.28. The van der Waals surface area contributed by atoms with E-state index in [1.54, 1.807) is 4.68 Å². The average Bonchev–Trinajstić information content (AvgIpc) is 2.74. The van der Waals surface area contributed by atoms with Gasteiger partial charge in [0.05, 0.1) is 19.4 Å². The van der Waals surface area contributed by atoms with Crippen molar-refractivity contribution in [2.75, 3.05) is 19.8 Å². The van der Waals surface area contributed by atoms with Crippen molar-refractivity contribution in [1.29, 1.82) is 0 Å². The van der Waals surface area contributed by atoms with Crippen LogP contribution in [-0.4, -0.2) is 41.4 Å². The smallest absolute Gasteiger partial charge is 0.134 e. The number of hydrogen-bond acceptors (Lipinski definition) is 4. The Morgan fingerprint density at radius 2 is 2.59 bits per heavy atom. The minimum atomic E-state index is 0.199. The number of ketones is 1. The molecule has 0 bridgehead atoms. The lowest BCUT2D eigenvalue weighted by Gasteiger charge is -2.23. The van der Waals surface area contributed by atoms with E-state index in [0.29, 0.717) is 19.4 Å². The van der Waals surface area contributed by atoms with Gasteiger partial charge in [0.15, 0.2) is 0 Å². The average molecular weight is 237 g/mol. The van der Waals surface area contributed by atoms with Crippen LogP contribution in [0, 0.1) is 0 Å². The van der Waals surface area contributed by atoms with Crippen LogP contribution in [0.3, 0.4) is 0 Å². The molecule has 1 aromatic rings. The van der Waals surface area contributed by atoms with Crippen LogP contribution in [0.4, 0.5) is 0 Å². The van der Waals surface area contributed by atoms with Crippen LogP contribution in [-0.2, 0) is 23.0 Å². The van der Waals surface area contributed by atoms with Gasteiger partial charge in [0, 0.05) is 38.7 Å². The summed E-state index contributed by atoms with van der Waals surface area (Å²) in [5, 5.41) is 7.37. The SMILES string of the molecule is Cn1cc(CCC(=O)CC2COCCN2)cn1. The number of nitrogens with one attached hydrogen (secondary N) is 1. The molecule has 1 unspecified atom stereocenters. The molecular weight excluding hydrogens is 218 g/mol. The van der Waals surface area contributed by atoms with Gasteiger partial charge in [0.1, 0.15) is 5.78 Å². The summed E-state index contributed by atoms with van der Waals surface area (Å²) in [5.74, 6) is 0.289. The second-order valence-corrected chi connectivity index (χ2v) is 4.49. The Morgan fingerprint density at radius 1 is 1.71 bits per heavy atom. The molecule has 1 atom stereocenters. The van der Waals surface area contributed by atoms with E-state index in [4.69, 9.17) is 4.74 Å². The fraction of sp³-hybridized carbons (Fsp3) is 0.667. The third kappa shape index (κ3) is 3.94. The number of rotatable bonds is 5. The molecule has 2 heterocycles. The van der Waals surface area contributed by atoms with Crippen molar-refractivity contribution in [2.24, 2.45) is 7.05 Å². The number of Topliss-reactive ketones (excluding diaryl/α,β-unsaturated/α-hetero) is 1. The molecule has 5 nitrogen and oxygen atoms in total. The highest BCUT2D eigenvalue weighted by molar-refractivity contribution is 5.79. The van der Waals surface area contributed by atoms with Crippen LogP contribution in [0.2, 0.25) is 0 Å². The van der Waals surface area contributed by atoms with Crippen molar-refractivity contribution in [3.8, 4) is 0 Å². The van der Waals surface area contributed by atoms with Gasteiger partial charge in [-0.25, -0.2) is 0 Å². The van der Waals surface area contributed by atoms with E-state index >= 15 is 0 Å². The summed E-state index contributed by atoms with van der Waals surface area (Å²) < 4.78 is 7.08. The first-order chi connectivity index (χ1) is 8.24. The summed E-state index contributed by atoms with van der Waals surface area (Å²) in [6.07, 6.45) is 5.70. The van der Waals surface area contributed by atoms with Crippen molar-refractivity contribution in [3.63, 3.8) is 0 Å². The standard InChI is InChI=1S/C12H19N3O2/c1-15-8-10(7-14-15)2-3-12(16)6-11-9-17-5-4-13-11/h7-8,11,13H,2-6,9H2,1H3. The zero-order valence-corrected chi connectivity index (χ0v) is 10.2. The summed E-state index contributed by atoms with van der Waals surface area (Å²) in [7, 11) is 1.88. The van der Waals surface area contributed by atoms with Gasteiger partial charge in [-0.3, -0.25) is 9.48 Å². The maximum Gasteiger partial charge on any atom is 0.134 e. The zero-order valence-electron chi connectivity index (χ0n) is 10.2. The number of carbonyl (C=O) groups excluding carboxylic acids is 1. The normalized spacial score (nSPS) is 20.4. The van der Waals surface area contributed by atoms with E-state index in [1.165, 1.54) is 0 Å². The summed E-state index contributed by atoms with van der Waals surface area (Å²) in [4.78, 5) is 11.8. The van der Waals surface area contributed by atoms with E-state index in [2.05, 4.69) is 10.4 Å². The Hall–Kier alpha value is -1.20. The molecule has 1 N–H and O–H groups in total. The fourth-order valence-electron chi connectivity index (χ4n) is 2.01. The number of morpholine rings is 1. The molecule has 0 aliphatic carbocycles. The largest absolute Gasteiger partial charge is 0.379 e. The zero-order chi connectivity index (χ0) is 12.1. The monoisotopic (exact) mass is 237 g/mol. The number of carbonyl (C=O) groups is 1. The number of nitrogens with zero attached hydrogens (tertiary/aromatic N) is 2. The predicted octanol–water partition coefficient (Wildman–Crippen LogP) is 0.300. The summed E-state index contributed by atoms with van der Waals surface area (Å²) in [5.41, 5.74) is 1.12. The molecule has 2 rings (SSSR count). The molecule has 1 fully saturated rings. The van der Waals surface area contributed by atoms with Gasteiger partial charge < -0.3 is 10.1 Å². The maximum atomic E-state index is 11.8. The molecule has 1 aromatic heterocycles.